The largest absolute Gasteiger partial charge is 0.493 e. The fourth-order valence-electron chi connectivity index (χ4n) is 5.63. The molecule has 0 spiro atoms. The van der Waals surface area contributed by atoms with E-state index in [1.165, 1.54) is 18.8 Å². The summed E-state index contributed by atoms with van der Waals surface area (Å²) < 4.78 is 12.8. The molecular weight excluding hydrogens is 534 g/mol. The van der Waals surface area contributed by atoms with Crippen molar-refractivity contribution in [3.8, 4) is 11.5 Å². The third-order valence-corrected chi connectivity index (χ3v) is 7.67. The van der Waals surface area contributed by atoms with Gasteiger partial charge in [-0.3, -0.25) is 9.59 Å². The van der Waals surface area contributed by atoms with Crippen molar-refractivity contribution < 1.29 is 19.1 Å². The average molecular weight is 572 g/mol. The number of methoxy groups -OCH3 is 2. The normalized spacial score (nSPS) is 14.4. The highest BCUT2D eigenvalue weighted by molar-refractivity contribution is 5.87. The molecule has 3 heterocycles. The van der Waals surface area contributed by atoms with E-state index in [2.05, 4.69) is 37.7 Å². The Bertz CT molecular complexity index is 1550. The van der Waals surface area contributed by atoms with E-state index in [1.807, 2.05) is 41.8 Å². The van der Waals surface area contributed by atoms with E-state index >= 15 is 0 Å². The molecule has 0 aliphatic carbocycles. The van der Waals surface area contributed by atoms with E-state index in [-0.39, 0.29) is 24.3 Å². The number of ether oxygens (including phenoxy) is 2. The molecule has 220 valence electrons. The van der Waals surface area contributed by atoms with Gasteiger partial charge in [0.15, 0.2) is 11.5 Å². The molecule has 0 saturated carbocycles. The van der Waals surface area contributed by atoms with Crippen molar-refractivity contribution in [2.45, 2.75) is 51.6 Å². The number of aryl methyl sites for hydroxylation is 1. The van der Waals surface area contributed by atoms with Gasteiger partial charge < -0.3 is 25.0 Å². The average Bonchev–Trinajstić information content (AvgIpc) is 3.45. The van der Waals surface area contributed by atoms with Crippen LogP contribution in [0.25, 0.3) is 5.78 Å². The lowest BCUT2D eigenvalue weighted by molar-refractivity contribution is -0.128. The minimum Gasteiger partial charge on any atom is -0.493 e. The lowest BCUT2D eigenvalue weighted by Crippen LogP contribution is -2.52. The van der Waals surface area contributed by atoms with Gasteiger partial charge in [0.1, 0.15) is 18.2 Å². The number of amides is 2. The number of piperidine rings is 1. The number of para-hydroxylation sites is 1. The predicted molar refractivity (Wildman–Crippen MR) is 159 cm³/mol. The number of hydrogen-bond donors (Lipinski definition) is 2. The summed E-state index contributed by atoms with van der Waals surface area (Å²) in [5.74, 6) is 2.18. The molecule has 1 aliphatic heterocycles. The van der Waals surface area contributed by atoms with Gasteiger partial charge in [-0.15, -0.1) is 0 Å². The quantitative estimate of drug-likeness (QED) is 0.298. The molecule has 2 aromatic heterocycles. The number of nitrogens with zero attached hydrogens (tertiary/aromatic N) is 5. The van der Waals surface area contributed by atoms with Crippen molar-refractivity contribution in [3.05, 3.63) is 77.2 Å². The SMILES string of the molecule is COc1cccc(C[C@@H](NC(C)=O)C(=O)NC2CCN(c3c(Cc4ccccc4)c(C)nc4ncnn34)CC2)c1OC. The second kappa shape index (κ2) is 12.9. The van der Waals surface area contributed by atoms with E-state index in [0.717, 1.165) is 55.0 Å². The molecular formula is C31H37N7O4. The zero-order valence-electron chi connectivity index (χ0n) is 24.5. The van der Waals surface area contributed by atoms with Crippen LogP contribution in [-0.4, -0.2) is 70.8 Å². The van der Waals surface area contributed by atoms with Crippen molar-refractivity contribution in [2.75, 3.05) is 32.2 Å². The summed E-state index contributed by atoms with van der Waals surface area (Å²) in [5.41, 5.74) is 4.01. The van der Waals surface area contributed by atoms with Gasteiger partial charge in [-0.05, 0) is 31.4 Å². The molecule has 42 heavy (non-hydrogen) atoms. The van der Waals surface area contributed by atoms with E-state index in [1.54, 1.807) is 20.3 Å². The molecule has 2 aromatic carbocycles. The van der Waals surface area contributed by atoms with Gasteiger partial charge in [-0.2, -0.15) is 14.6 Å². The lowest BCUT2D eigenvalue weighted by atomic mass is 9.99. The van der Waals surface area contributed by atoms with Gasteiger partial charge in [0.05, 0.1) is 14.2 Å². The first-order valence-electron chi connectivity index (χ1n) is 14.1. The Morgan fingerprint density at radius 2 is 1.81 bits per heavy atom. The fourth-order valence-corrected chi connectivity index (χ4v) is 5.63. The Morgan fingerprint density at radius 3 is 2.50 bits per heavy atom. The van der Waals surface area contributed by atoms with Gasteiger partial charge in [-0.25, -0.2) is 4.98 Å². The topological polar surface area (TPSA) is 123 Å². The molecule has 11 nitrogen and oxygen atoms in total. The first kappa shape index (κ1) is 28.8. The number of anilines is 1. The highest BCUT2D eigenvalue weighted by atomic mass is 16.5. The second-order valence-electron chi connectivity index (χ2n) is 10.5. The second-order valence-corrected chi connectivity index (χ2v) is 10.5. The molecule has 2 amide bonds. The summed E-state index contributed by atoms with van der Waals surface area (Å²) in [5, 5.41) is 10.5. The molecule has 0 radical (unpaired) electrons. The van der Waals surface area contributed by atoms with Crippen LogP contribution in [0.4, 0.5) is 5.82 Å². The van der Waals surface area contributed by atoms with Gasteiger partial charge in [-0.1, -0.05) is 42.5 Å². The van der Waals surface area contributed by atoms with Crippen LogP contribution in [0.15, 0.2) is 54.9 Å². The van der Waals surface area contributed by atoms with Crippen LogP contribution in [0.1, 0.15) is 42.1 Å². The van der Waals surface area contributed by atoms with Crippen LogP contribution < -0.4 is 25.0 Å². The van der Waals surface area contributed by atoms with Crippen molar-refractivity contribution in [2.24, 2.45) is 0 Å². The third-order valence-electron chi connectivity index (χ3n) is 7.67. The molecule has 1 saturated heterocycles. The molecule has 4 aromatic rings. The number of carbonyl (C=O) groups excluding carboxylic acids is 2. The standard InChI is InChI=1S/C31H37N7O4/c1-20-25(17-22-9-6-5-7-10-22)30(38-31(34-20)32-19-33-38)37-15-13-24(14-16-37)36-29(40)26(35-21(2)39)18-23-11-8-12-27(41-3)28(23)42-4/h5-12,19,24,26H,13-18H2,1-4H3,(H,35,39)(H,36,40)/t26-/m1/s1. The van der Waals surface area contributed by atoms with Crippen LogP contribution in [0.2, 0.25) is 0 Å². The molecule has 0 unspecified atom stereocenters. The first-order chi connectivity index (χ1) is 20.4. The van der Waals surface area contributed by atoms with Crippen molar-refractivity contribution in [1.29, 1.82) is 0 Å². The van der Waals surface area contributed by atoms with Gasteiger partial charge in [0, 0.05) is 55.7 Å². The summed E-state index contributed by atoms with van der Waals surface area (Å²) in [6.07, 6.45) is 4.01. The van der Waals surface area contributed by atoms with E-state index in [0.29, 0.717) is 17.3 Å². The monoisotopic (exact) mass is 571 g/mol. The first-order valence-corrected chi connectivity index (χ1v) is 14.1. The summed E-state index contributed by atoms with van der Waals surface area (Å²) >= 11 is 0. The van der Waals surface area contributed by atoms with Crippen LogP contribution >= 0.6 is 0 Å². The number of fused-ring (bicyclic) bond motifs is 1. The van der Waals surface area contributed by atoms with Gasteiger partial charge >= 0.3 is 0 Å². The molecule has 1 aliphatic rings. The lowest BCUT2D eigenvalue weighted by Gasteiger charge is -2.35. The van der Waals surface area contributed by atoms with Crippen molar-refractivity contribution in [1.82, 2.24) is 30.2 Å². The summed E-state index contributed by atoms with van der Waals surface area (Å²) in [4.78, 5) is 36.8. The molecule has 11 heteroatoms. The van der Waals surface area contributed by atoms with Crippen molar-refractivity contribution in [3.63, 3.8) is 0 Å². The van der Waals surface area contributed by atoms with Crippen LogP contribution in [-0.2, 0) is 22.4 Å². The summed E-state index contributed by atoms with van der Waals surface area (Å²) in [7, 11) is 3.13. The van der Waals surface area contributed by atoms with Crippen LogP contribution in [0.5, 0.6) is 11.5 Å². The van der Waals surface area contributed by atoms with E-state index in [9.17, 15) is 9.59 Å². The zero-order chi connectivity index (χ0) is 29.6. The number of hydrogen-bond acceptors (Lipinski definition) is 8. The Labute approximate surface area is 245 Å². The fraction of sp³-hybridized carbons (Fsp3) is 0.387. The third kappa shape index (κ3) is 6.29. The molecule has 1 atom stereocenters. The number of aromatic nitrogens is 4. The molecule has 0 bridgehead atoms. The Kier molecular flexibility index (Phi) is 8.85. The highest BCUT2D eigenvalue weighted by Crippen LogP contribution is 2.32. The Hall–Kier alpha value is -4.67. The highest BCUT2D eigenvalue weighted by Gasteiger charge is 2.29. The zero-order valence-corrected chi connectivity index (χ0v) is 24.5. The maximum absolute atomic E-state index is 13.5. The maximum Gasteiger partial charge on any atom is 0.254 e. The summed E-state index contributed by atoms with van der Waals surface area (Å²) in [6.45, 7) is 4.87. The smallest absolute Gasteiger partial charge is 0.254 e. The Balaban J connectivity index is 1.30. The summed E-state index contributed by atoms with van der Waals surface area (Å²) in [6, 6.07) is 15.0. The molecule has 2 N–H and O–H groups in total. The predicted octanol–water partition coefficient (Wildman–Crippen LogP) is 2.87. The van der Waals surface area contributed by atoms with Crippen LogP contribution in [0, 0.1) is 6.92 Å². The number of benzene rings is 2. The van der Waals surface area contributed by atoms with E-state index in [4.69, 9.17) is 14.5 Å². The minimum atomic E-state index is -0.753. The number of carbonyl (C=O) groups is 2. The van der Waals surface area contributed by atoms with Gasteiger partial charge in [0.2, 0.25) is 11.8 Å². The molecule has 1 fully saturated rings. The van der Waals surface area contributed by atoms with E-state index < -0.39 is 6.04 Å². The minimum absolute atomic E-state index is 0.0380. The number of nitrogens with one attached hydrogen (secondary N) is 2. The molecule has 5 rings (SSSR count). The van der Waals surface area contributed by atoms with Crippen molar-refractivity contribution >= 4 is 23.4 Å². The number of rotatable bonds is 10. The van der Waals surface area contributed by atoms with Gasteiger partial charge in [0.25, 0.3) is 5.78 Å². The Morgan fingerprint density at radius 1 is 1.05 bits per heavy atom. The van der Waals surface area contributed by atoms with Crippen LogP contribution in [0.3, 0.4) is 0 Å². The maximum atomic E-state index is 13.5.